The summed E-state index contributed by atoms with van der Waals surface area (Å²) in [6, 6.07) is 9.03. The van der Waals surface area contributed by atoms with Crippen LogP contribution >= 0.6 is 0 Å². The molecule has 9 nitrogen and oxygen atoms in total. The van der Waals surface area contributed by atoms with Crippen molar-refractivity contribution in [2.75, 3.05) is 5.43 Å². The van der Waals surface area contributed by atoms with Gasteiger partial charge in [-0.2, -0.15) is 0 Å². The molecule has 3 aromatic heterocycles. The molecule has 0 saturated carbocycles. The first-order valence-electron chi connectivity index (χ1n) is 8.70. The van der Waals surface area contributed by atoms with E-state index in [2.05, 4.69) is 25.1 Å². The summed E-state index contributed by atoms with van der Waals surface area (Å²) < 4.78 is 19.5. The summed E-state index contributed by atoms with van der Waals surface area (Å²) in [6.07, 6.45) is 2.68. The molecule has 30 heavy (non-hydrogen) atoms. The van der Waals surface area contributed by atoms with Gasteiger partial charge in [-0.25, -0.2) is 19.2 Å². The number of hydrogen-bond donors (Lipinski definition) is 2. The van der Waals surface area contributed by atoms with Crippen molar-refractivity contribution in [2.45, 2.75) is 6.92 Å². The molecule has 1 amide bonds. The van der Waals surface area contributed by atoms with Gasteiger partial charge in [0.25, 0.3) is 5.91 Å². The van der Waals surface area contributed by atoms with Crippen molar-refractivity contribution in [3.8, 4) is 17.3 Å². The molecule has 4 rings (SSSR count). The Hall–Kier alpha value is -4.34. The lowest BCUT2D eigenvalue weighted by molar-refractivity contribution is 0.101. The van der Waals surface area contributed by atoms with Crippen molar-refractivity contribution >= 4 is 23.0 Å². The summed E-state index contributed by atoms with van der Waals surface area (Å²) in [7, 11) is 0. The number of carboxylic acid groups (broad SMARTS) is 1. The lowest BCUT2D eigenvalue weighted by Crippen LogP contribution is -2.23. The number of amides is 1. The third-order valence-corrected chi connectivity index (χ3v) is 4.27. The number of aryl methyl sites for hydroxylation is 1. The van der Waals surface area contributed by atoms with Crippen LogP contribution in [0.15, 0.2) is 55.0 Å². The Morgan fingerprint density at radius 2 is 2.03 bits per heavy atom. The standard InChI is InChI=1S/C20H14FN5O4/c1-11-14(9-23-18(24-11)15-4-2-3-7-22-15)19(27)25-26-10-17(30-20(28)29)13-8-12(21)5-6-16(13)26/h2-10H,1H3,(H,25,27)(H,28,29). The third kappa shape index (κ3) is 3.65. The highest BCUT2D eigenvalue weighted by Crippen LogP contribution is 2.28. The van der Waals surface area contributed by atoms with Crippen LogP contribution in [0.4, 0.5) is 9.18 Å². The fourth-order valence-electron chi connectivity index (χ4n) is 2.92. The molecule has 0 radical (unpaired) electrons. The van der Waals surface area contributed by atoms with Crippen molar-refractivity contribution in [1.29, 1.82) is 0 Å². The van der Waals surface area contributed by atoms with E-state index >= 15 is 0 Å². The largest absolute Gasteiger partial charge is 0.511 e. The van der Waals surface area contributed by atoms with Gasteiger partial charge in [0.15, 0.2) is 11.6 Å². The van der Waals surface area contributed by atoms with E-state index in [-0.39, 0.29) is 16.7 Å². The lowest BCUT2D eigenvalue weighted by atomic mass is 10.2. The molecule has 4 aromatic rings. The molecule has 0 saturated heterocycles. The molecular formula is C20H14FN5O4. The number of pyridine rings is 1. The fraction of sp³-hybridized carbons (Fsp3) is 0.0500. The van der Waals surface area contributed by atoms with E-state index in [1.807, 2.05) is 0 Å². The van der Waals surface area contributed by atoms with Crippen molar-refractivity contribution < 1.29 is 23.8 Å². The Balaban J connectivity index is 1.66. The number of nitrogens with one attached hydrogen (secondary N) is 1. The highest BCUT2D eigenvalue weighted by molar-refractivity contribution is 6.02. The molecule has 1 aromatic carbocycles. The number of benzene rings is 1. The number of aromatic nitrogens is 4. The van der Waals surface area contributed by atoms with Crippen LogP contribution in [0.2, 0.25) is 0 Å². The Bertz CT molecular complexity index is 1270. The summed E-state index contributed by atoms with van der Waals surface area (Å²) in [5.74, 6) is -0.848. The zero-order valence-corrected chi connectivity index (χ0v) is 15.5. The van der Waals surface area contributed by atoms with Gasteiger partial charge in [-0.3, -0.25) is 19.9 Å². The minimum Gasteiger partial charge on any atom is -0.449 e. The average Bonchev–Trinajstić information content (AvgIpc) is 3.04. The smallest absolute Gasteiger partial charge is 0.449 e. The molecule has 0 aliphatic heterocycles. The molecule has 0 unspecified atom stereocenters. The van der Waals surface area contributed by atoms with Gasteiger partial charge >= 0.3 is 6.16 Å². The summed E-state index contributed by atoms with van der Waals surface area (Å²) in [5.41, 5.74) is 4.15. The van der Waals surface area contributed by atoms with Crippen molar-refractivity contribution in [1.82, 2.24) is 19.6 Å². The van der Waals surface area contributed by atoms with Crippen LogP contribution in [0.1, 0.15) is 16.1 Å². The molecule has 0 spiro atoms. The van der Waals surface area contributed by atoms with Gasteiger partial charge in [0.2, 0.25) is 0 Å². The molecule has 10 heteroatoms. The highest BCUT2D eigenvalue weighted by Gasteiger charge is 2.18. The summed E-state index contributed by atoms with van der Waals surface area (Å²) in [6.45, 7) is 1.66. The Morgan fingerprint density at radius 1 is 1.20 bits per heavy atom. The van der Waals surface area contributed by atoms with E-state index in [4.69, 9.17) is 5.11 Å². The molecular weight excluding hydrogens is 393 g/mol. The van der Waals surface area contributed by atoms with Gasteiger partial charge in [-0.1, -0.05) is 6.07 Å². The van der Waals surface area contributed by atoms with Gasteiger partial charge in [0, 0.05) is 17.8 Å². The molecule has 0 atom stereocenters. The maximum atomic E-state index is 13.6. The molecule has 0 bridgehead atoms. The number of fused-ring (bicyclic) bond motifs is 1. The Morgan fingerprint density at radius 3 is 2.73 bits per heavy atom. The molecule has 2 N–H and O–H groups in total. The number of carbonyl (C=O) groups excluding carboxylic acids is 1. The van der Waals surface area contributed by atoms with E-state index in [0.717, 1.165) is 6.07 Å². The molecule has 0 aliphatic carbocycles. The molecule has 150 valence electrons. The zero-order valence-electron chi connectivity index (χ0n) is 15.5. The first-order valence-corrected chi connectivity index (χ1v) is 8.70. The first kappa shape index (κ1) is 19.0. The lowest BCUT2D eigenvalue weighted by Gasteiger charge is -2.10. The quantitative estimate of drug-likeness (QED) is 0.498. The molecule has 0 fully saturated rings. The number of halogens is 1. The van der Waals surface area contributed by atoms with Gasteiger partial charge in [0.1, 0.15) is 11.5 Å². The van der Waals surface area contributed by atoms with Crippen LogP contribution in [-0.4, -0.2) is 36.8 Å². The number of hydrogen-bond acceptors (Lipinski definition) is 6. The Labute approximate surface area is 168 Å². The third-order valence-electron chi connectivity index (χ3n) is 4.27. The monoisotopic (exact) mass is 407 g/mol. The highest BCUT2D eigenvalue weighted by atomic mass is 19.1. The summed E-state index contributed by atoms with van der Waals surface area (Å²) in [4.78, 5) is 36.4. The minimum absolute atomic E-state index is 0.115. The normalized spacial score (nSPS) is 10.7. The second kappa shape index (κ2) is 7.59. The second-order valence-corrected chi connectivity index (χ2v) is 6.24. The van der Waals surface area contributed by atoms with Gasteiger partial charge in [-0.15, -0.1) is 0 Å². The second-order valence-electron chi connectivity index (χ2n) is 6.24. The van der Waals surface area contributed by atoms with Crippen molar-refractivity contribution in [2.24, 2.45) is 0 Å². The SMILES string of the molecule is Cc1nc(-c2ccccn2)ncc1C(=O)Nn1cc(OC(=O)O)c2cc(F)ccc21. The average molecular weight is 407 g/mol. The van der Waals surface area contributed by atoms with Crippen LogP contribution in [0, 0.1) is 12.7 Å². The molecule has 3 heterocycles. The predicted octanol–water partition coefficient (Wildman–Crippen LogP) is 3.38. The fourth-order valence-corrected chi connectivity index (χ4v) is 2.92. The van der Waals surface area contributed by atoms with Crippen LogP contribution in [0.3, 0.4) is 0 Å². The number of ether oxygens (including phenoxy) is 1. The number of rotatable bonds is 4. The van der Waals surface area contributed by atoms with Crippen LogP contribution in [0.5, 0.6) is 5.75 Å². The van der Waals surface area contributed by atoms with Crippen LogP contribution < -0.4 is 10.2 Å². The van der Waals surface area contributed by atoms with Crippen LogP contribution in [0.25, 0.3) is 22.4 Å². The van der Waals surface area contributed by atoms with E-state index in [9.17, 15) is 14.0 Å². The van der Waals surface area contributed by atoms with Crippen LogP contribution in [-0.2, 0) is 0 Å². The van der Waals surface area contributed by atoms with Gasteiger partial charge in [-0.05, 0) is 37.3 Å². The topological polar surface area (TPSA) is 119 Å². The van der Waals surface area contributed by atoms with Crippen molar-refractivity contribution in [3.05, 3.63) is 72.1 Å². The van der Waals surface area contributed by atoms with Crippen molar-refractivity contribution in [3.63, 3.8) is 0 Å². The zero-order chi connectivity index (χ0) is 21.3. The summed E-state index contributed by atoms with van der Waals surface area (Å²) >= 11 is 0. The molecule has 0 aliphatic rings. The van der Waals surface area contributed by atoms with E-state index in [1.54, 1.807) is 31.3 Å². The number of carbonyl (C=O) groups is 2. The predicted molar refractivity (Wildman–Crippen MR) is 104 cm³/mol. The van der Waals surface area contributed by atoms with Gasteiger partial charge in [0.05, 0.1) is 23.0 Å². The summed E-state index contributed by atoms with van der Waals surface area (Å²) in [5, 5.41) is 9.08. The van der Waals surface area contributed by atoms with E-state index < -0.39 is 17.9 Å². The van der Waals surface area contributed by atoms with Gasteiger partial charge < -0.3 is 9.84 Å². The maximum Gasteiger partial charge on any atom is 0.511 e. The first-order chi connectivity index (χ1) is 14.4. The Kier molecular flexibility index (Phi) is 4.80. The van der Waals surface area contributed by atoms with E-state index in [1.165, 1.54) is 29.2 Å². The minimum atomic E-state index is -1.56. The van der Waals surface area contributed by atoms with E-state index in [0.29, 0.717) is 22.7 Å². The number of nitrogens with zero attached hydrogens (tertiary/aromatic N) is 4. The maximum absolute atomic E-state index is 13.6.